The van der Waals surface area contributed by atoms with Crippen LogP contribution in [0.3, 0.4) is 0 Å². The van der Waals surface area contributed by atoms with Gasteiger partial charge in [0.1, 0.15) is 0 Å². The van der Waals surface area contributed by atoms with E-state index in [0.717, 1.165) is 0 Å². The minimum absolute atomic E-state index is 1.78. The summed E-state index contributed by atoms with van der Waals surface area (Å²) >= 11 is 0. The van der Waals surface area contributed by atoms with Gasteiger partial charge in [0.25, 0.3) is 0 Å². The molecule has 0 aromatic heterocycles. The molecule has 0 atom stereocenters. The van der Waals surface area contributed by atoms with Gasteiger partial charge in [-0.25, -0.2) is 14.2 Å². The molecule has 0 aromatic rings. The van der Waals surface area contributed by atoms with Crippen molar-refractivity contribution in [1.29, 1.82) is 0 Å². The molecule has 1 heterocycles. The van der Waals surface area contributed by atoms with Gasteiger partial charge in [-0.3, -0.25) is 0 Å². The minimum Gasteiger partial charge on any atom is -0.448 e. The van der Waals surface area contributed by atoms with Crippen LogP contribution in [-0.2, 0) is 33.6 Å². The van der Waals surface area contributed by atoms with Crippen molar-refractivity contribution in [2.45, 2.75) is 0 Å². The quantitative estimate of drug-likeness (QED) is 0.385. The Balaban J connectivity index is 2.12. The second kappa shape index (κ2) is 3.13. The lowest BCUT2D eigenvalue weighted by molar-refractivity contribution is -0.537. The zero-order valence-electron chi connectivity index (χ0n) is 4.66. The fourth-order valence-electron chi connectivity index (χ4n) is 0.187. The van der Waals surface area contributed by atoms with Crippen LogP contribution in [0.1, 0.15) is 0 Å². The summed E-state index contributed by atoms with van der Waals surface area (Å²) in [6.45, 7) is 0. The Morgan fingerprint density at radius 1 is 1.45 bits per heavy atom. The molecule has 0 spiro atoms. The highest BCUT2D eigenvalue weighted by Crippen LogP contribution is 2.57. The molecule has 1 N–H and O–H groups in total. The molecule has 0 radical (unpaired) electrons. The third-order valence-corrected chi connectivity index (χ3v) is 1.20. The van der Waals surface area contributed by atoms with Crippen molar-refractivity contribution in [1.82, 2.24) is 0 Å². The van der Waals surface area contributed by atoms with Crippen molar-refractivity contribution in [3.63, 3.8) is 0 Å². The van der Waals surface area contributed by atoms with Crippen LogP contribution in [0, 0.1) is 0 Å². The predicted molar refractivity (Wildman–Crippen MR) is 22.1 cm³/mol. The average molecular weight is 188 g/mol. The number of rotatable bonds is 3. The van der Waals surface area contributed by atoms with E-state index in [-0.39, 0.29) is 0 Å². The number of hydrogen-bond acceptors (Lipinski definition) is 8. The average Bonchev–Trinajstić information content (AvgIpc) is 1.83. The van der Waals surface area contributed by atoms with E-state index in [2.05, 4.69) is 29.0 Å². The van der Waals surface area contributed by atoms with Gasteiger partial charge >= 0.3 is 14.0 Å². The zero-order valence-corrected chi connectivity index (χ0v) is 5.55. The van der Waals surface area contributed by atoms with Gasteiger partial charge in [0, 0.05) is 5.04 Å². The molecule has 0 bridgehead atoms. The highest BCUT2D eigenvalue weighted by molar-refractivity contribution is 7.48. The lowest BCUT2D eigenvalue weighted by atomic mass is 11.4. The van der Waals surface area contributed by atoms with E-state index < -0.39 is 14.0 Å². The van der Waals surface area contributed by atoms with Crippen LogP contribution in [0.2, 0.25) is 0 Å². The molecule has 0 amide bonds. The van der Waals surface area contributed by atoms with Gasteiger partial charge in [0.05, 0.1) is 0 Å². The molecular formula is CHO9P. The first kappa shape index (κ1) is 8.40. The van der Waals surface area contributed by atoms with Gasteiger partial charge in [-0.15, -0.1) is 0 Å². The largest absolute Gasteiger partial charge is 0.564 e. The van der Waals surface area contributed by atoms with E-state index in [0.29, 0.717) is 0 Å². The van der Waals surface area contributed by atoms with E-state index in [1.165, 1.54) is 0 Å². The van der Waals surface area contributed by atoms with Crippen molar-refractivity contribution < 1.29 is 43.5 Å². The maximum atomic E-state index is 10.5. The number of phosphoric acid groups is 1. The summed E-state index contributed by atoms with van der Waals surface area (Å²) in [4.78, 5) is 12.9. The summed E-state index contributed by atoms with van der Waals surface area (Å²) in [5.74, 6) is 0. The van der Waals surface area contributed by atoms with E-state index >= 15 is 0 Å². The van der Waals surface area contributed by atoms with Gasteiger partial charge in [0.2, 0.25) is 0 Å². The molecule has 1 saturated heterocycles. The van der Waals surface area contributed by atoms with Crippen LogP contribution in [0.4, 0.5) is 4.79 Å². The zero-order chi connectivity index (χ0) is 8.32. The summed E-state index contributed by atoms with van der Waals surface area (Å²) < 4.78 is 21.5. The molecule has 11 heavy (non-hydrogen) atoms. The van der Waals surface area contributed by atoms with Gasteiger partial charge in [0.15, 0.2) is 0 Å². The normalized spacial score (nSPS) is 20.4. The first-order chi connectivity index (χ1) is 5.12. The third-order valence-electron chi connectivity index (χ3n) is 0.470. The van der Waals surface area contributed by atoms with Crippen LogP contribution in [0.5, 0.6) is 0 Å². The highest BCUT2D eigenvalue weighted by atomic mass is 31.2. The highest BCUT2D eigenvalue weighted by Gasteiger charge is 2.43. The fourth-order valence-corrected chi connectivity index (χ4v) is 0.501. The Bertz CT molecular complexity index is 188. The number of carboxylic acid groups (broad SMARTS) is 1. The summed E-state index contributed by atoms with van der Waals surface area (Å²) in [7, 11) is -3.88. The van der Waals surface area contributed by atoms with Crippen LogP contribution in [-0.4, -0.2) is 11.3 Å². The minimum atomic E-state index is -3.88. The van der Waals surface area contributed by atoms with Crippen LogP contribution >= 0.6 is 7.82 Å². The maximum Gasteiger partial charge on any atom is 0.564 e. The molecule has 1 fully saturated rings. The van der Waals surface area contributed by atoms with Crippen molar-refractivity contribution in [2.24, 2.45) is 0 Å². The molecule has 0 unspecified atom stereocenters. The first-order valence-corrected chi connectivity index (χ1v) is 3.49. The molecule has 1 aliphatic heterocycles. The summed E-state index contributed by atoms with van der Waals surface area (Å²) in [6, 6.07) is 0. The third kappa shape index (κ3) is 2.42. The molecule has 1 rings (SSSR count). The molecule has 0 saturated carbocycles. The Kier molecular flexibility index (Phi) is 2.39. The Morgan fingerprint density at radius 2 is 2.09 bits per heavy atom. The van der Waals surface area contributed by atoms with Crippen molar-refractivity contribution in [2.75, 3.05) is 0 Å². The number of hydrogen-bond donors (Lipinski definition) is 1. The van der Waals surface area contributed by atoms with Crippen molar-refractivity contribution in [3.8, 4) is 0 Å². The Labute approximate surface area is 58.6 Å². The Morgan fingerprint density at radius 3 is 2.45 bits per heavy atom. The summed E-state index contributed by atoms with van der Waals surface area (Å²) in [6.07, 6.45) is -1.78. The van der Waals surface area contributed by atoms with E-state index in [4.69, 9.17) is 5.11 Å². The van der Waals surface area contributed by atoms with E-state index in [9.17, 15) is 9.36 Å². The Hall–Kier alpha value is -0.700. The molecule has 9 nitrogen and oxygen atoms in total. The molecular weight excluding hydrogens is 187 g/mol. The second-order valence-electron chi connectivity index (χ2n) is 1.16. The topological polar surface area (TPSA) is 110 Å². The molecule has 0 aromatic carbocycles. The molecule has 1 aliphatic rings. The lowest BCUT2D eigenvalue weighted by Crippen LogP contribution is -2.11. The van der Waals surface area contributed by atoms with E-state index in [1.807, 2.05) is 0 Å². The molecule has 64 valence electrons. The monoisotopic (exact) mass is 188 g/mol. The van der Waals surface area contributed by atoms with Gasteiger partial charge in [-0.05, 0) is 5.04 Å². The van der Waals surface area contributed by atoms with Gasteiger partial charge in [-0.2, -0.15) is 0 Å². The number of carbonyl (C=O) groups is 1. The lowest BCUT2D eigenvalue weighted by Gasteiger charge is -2.17. The summed E-state index contributed by atoms with van der Waals surface area (Å²) in [5.41, 5.74) is 0. The van der Waals surface area contributed by atoms with E-state index in [1.54, 1.807) is 0 Å². The first-order valence-electron chi connectivity index (χ1n) is 2.03. The smallest absolute Gasteiger partial charge is 0.448 e. The second-order valence-corrected chi connectivity index (χ2v) is 2.50. The van der Waals surface area contributed by atoms with Crippen LogP contribution in [0.25, 0.3) is 0 Å². The van der Waals surface area contributed by atoms with Crippen molar-refractivity contribution >= 4 is 14.0 Å². The fraction of sp³-hybridized carbons (Fsp3) is 0. The predicted octanol–water partition coefficient (Wildman–Crippen LogP) is 0.546. The molecule has 0 aliphatic carbocycles. The van der Waals surface area contributed by atoms with Crippen LogP contribution in [0.15, 0.2) is 0 Å². The SMILES string of the molecule is O=C(O)OOOP1(=O)OOO1. The van der Waals surface area contributed by atoms with Crippen LogP contribution < -0.4 is 0 Å². The standard InChI is InChI=1S/CHO9P/c2-1(3)5-6-8-11(4)9-7-10-11/h(H,2,3). The van der Waals surface area contributed by atoms with Gasteiger partial charge in [-0.1, -0.05) is 14.0 Å². The molecule has 10 heteroatoms. The maximum absolute atomic E-state index is 10.5. The summed E-state index contributed by atoms with van der Waals surface area (Å²) in [5, 5.41) is 14.7. The van der Waals surface area contributed by atoms with Gasteiger partial charge < -0.3 is 5.11 Å². The van der Waals surface area contributed by atoms with Crippen molar-refractivity contribution in [3.05, 3.63) is 0 Å².